The van der Waals surface area contributed by atoms with Crippen LogP contribution in [0.15, 0.2) is 59.5 Å². The molecule has 148 valence electrons. The van der Waals surface area contributed by atoms with Crippen molar-refractivity contribution in [3.05, 3.63) is 65.7 Å². The second kappa shape index (κ2) is 8.12. The lowest BCUT2D eigenvalue weighted by molar-refractivity contribution is -0.159. The van der Waals surface area contributed by atoms with E-state index < -0.39 is 28.3 Å². The van der Waals surface area contributed by atoms with Gasteiger partial charge in [0.1, 0.15) is 0 Å². The summed E-state index contributed by atoms with van der Waals surface area (Å²) in [6, 6.07) is 14.8. The number of carbonyl (C=O) groups excluding carboxylic acids is 2. The molecule has 1 fully saturated rings. The number of benzene rings is 2. The lowest BCUT2D eigenvalue weighted by Crippen LogP contribution is -2.47. The number of nitrogens with one attached hydrogen (secondary N) is 1. The fourth-order valence-electron chi connectivity index (χ4n) is 3.12. The molecule has 1 aliphatic heterocycles. The number of ether oxygens (including phenoxy) is 1. The van der Waals surface area contributed by atoms with Crippen LogP contribution in [0, 0.1) is 6.92 Å². The zero-order chi connectivity index (χ0) is 20.3. The van der Waals surface area contributed by atoms with Crippen molar-refractivity contribution in [3.63, 3.8) is 0 Å². The van der Waals surface area contributed by atoms with Crippen LogP contribution in [0.3, 0.4) is 0 Å². The van der Waals surface area contributed by atoms with E-state index in [1.165, 1.54) is 24.0 Å². The van der Waals surface area contributed by atoms with Crippen LogP contribution in [0.1, 0.15) is 24.5 Å². The molecule has 2 aromatic rings. The minimum Gasteiger partial charge on any atom is -0.440 e. The van der Waals surface area contributed by atoms with E-state index >= 15 is 0 Å². The van der Waals surface area contributed by atoms with Crippen LogP contribution in [-0.4, -0.2) is 37.5 Å². The molecular weight excluding hydrogens is 380 g/mol. The van der Waals surface area contributed by atoms with Crippen LogP contribution in [0.5, 0.6) is 0 Å². The fourth-order valence-corrected chi connectivity index (χ4v) is 4.35. The maximum Gasteiger partial charge on any atom is 0.304 e. The molecular formula is C20H22N2O5S. The van der Waals surface area contributed by atoms with Crippen molar-refractivity contribution in [1.82, 2.24) is 9.62 Å². The molecule has 1 amide bonds. The third kappa shape index (κ3) is 4.58. The normalized spacial score (nSPS) is 19.6. The highest BCUT2D eigenvalue weighted by Gasteiger charge is 2.44. The molecule has 28 heavy (non-hydrogen) atoms. The predicted octanol–water partition coefficient (Wildman–Crippen LogP) is 1.96. The number of rotatable bonds is 6. The van der Waals surface area contributed by atoms with Gasteiger partial charge in [0.25, 0.3) is 0 Å². The van der Waals surface area contributed by atoms with Crippen molar-refractivity contribution in [1.29, 1.82) is 0 Å². The summed E-state index contributed by atoms with van der Waals surface area (Å²) in [6.07, 6.45) is -1.10. The Balaban J connectivity index is 1.84. The van der Waals surface area contributed by atoms with Crippen molar-refractivity contribution in [2.75, 3.05) is 0 Å². The Morgan fingerprint density at radius 2 is 1.79 bits per heavy atom. The van der Waals surface area contributed by atoms with Crippen LogP contribution >= 0.6 is 0 Å². The number of sulfonamides is 1. The van der Waals surface area contributed by atoms with Gasteiger partial charge in [0.2, 0.25) is 15.9 Å². The Bertz CT molecular complexity index is 958. The minimum atomic E-state index is -3.87. The standard InChI is InChI=1S/C20H22N2O5S/c1-14-8-10-17(11-9-14)28(25,26)21-18-12-19(24)22(20(18)27-15(2)23)13-16-6-4-3-5-7-16/h3-11,18,20-21H,12-13H2,1-2H3/t18-,20+/m0/s1. The van der Waals surface area contributed by atoms with Gasteiger partial charge in [-0.1, -0.05) is 48.0 Å². The van der Waals surface area contributed by atoms with E-state index in [0.717, 1.165) is 11.1 Å². The number of nitrogens with zero attached hydrogens (tertiary/aromatic N) is 1. The van der Waals surface area contributed by atoms with Crippen LogP contribution in [0.25, 0.3) is 0 Å². The molecule has 0 saturated carbocycles. The average Bonchev–Trinajstić information content (AvgIpc) is 2.90. The van der Waals surface area contributed by atoms with Gasteiger partial charge in [-0.05, 0) is 24.6 Å². The lowest BCUT2D eigenvalue weighted by Gasteiger charge is -2.27. The van der Waals surface area contributed by atoms with Crippen molar-refractivity contribution in [2.24, 2.45) is 0 Å². The molecule has 0 radical (unpaired) electrons. The summed E-state index contributed by atoms with van der Waals surface area (Å²) in [4.78, 5) is 25.6. The molecule has 0 bridgehead atoms. The van der Waals surface area contributed by atoms with E-state index in [4.69, 9.17) is 4.74 Å². The quantitative estimate of drug-likeness (QED) is 0.746. The maximum atomic E-state index is 12.7. The van der Waals surface area contributed by atoms with Crippen LogP contribution in [-0.2, 0) is 30.9 Å². The molecule has 8 heteroatoms. The van der Waals surface area contributed by atoms with Crippen molar-refractivity contribution >= 4 is 21.9 Å². The Labute approximate surface area is 164 Å². The highest BCUT2D eigenvalue weighted by Crippen LogP contribution is 2.25. The maximum absolute atomic E-state index is 12.7. The van der Waals surface area contributed by atoms with E-state index in [-0.39, 0.29) is 23.8 Å². The topological polar surface area (TPSA) is 92.8 Å². The molecule has 1 saturated heterocycles. The van der Waals surface area contributed by atoms with Gasteiger partial charge in [-0.2, -0.15) is 0 Å². The van der Waals surface area contributed by atoms with Gasteiger partial charge < -0.3 is 9.64 Å². The molecule has 1 aliphatic rings. The summed E-state index contributed by atoms with van der Waals surface area (Å²) in [5, 5.41) is 0. The van der Waals surface area contributed by atoms with Crippen LogP contribution < -0.4 is 4.72 Å². The van der Waals surface area contributed by atoms with Crippen LogP contribution in [0.2, 0.25) is 0 Å². The largest absolute Gasteiger partial charge is 0.440 e. The molecule has 0 unspecified atom stereocenters. The van der Waals surface area contributed by atoms with Crippen molar-refractivity contribution in [2.45, 2.75) is 44.0 Å². The van der Waals surface area contributed by atoms with Gasteiger partial charge in [0, 0.05) is 19.9 Å². The number of carbonyl (C=O) groups is 2. The summed E-state index contributed by atoms with van der Waals surface area (Å²) in [5.74, 6) is -0.871. The molecule has 7 nitrogen and oxygen atoms in total. The molecule has 0 aliphatic carbocycles. The van der Waals surface area contributed by atoms with E-state index in [1.54, 1.807) is 12.1 Å². The molecule has 1 N–H and O–H groups in total. The highest BCUT2D eigenvalue weighted by atomic mass is 32.2. The second-order valence-corrected chi connectivity index (χ2v) is 8.47. The van der Waals surface area contributed by atoms with Gasteiger partial charge >= 0.3 is 5.97 Å². The Kier molecular flexibility index (Phi) is 5.81. The first-order valence-electron chi connectivity index (χ1n) is 8.86. The summed E-state index contributed by atoms with van der Waals surface area (Å²) >= 11 is 0. The Hall–Kier alpha value is -2.71. The van der Waals surface area contributed by atoms with E-state index in [1.807, 2.05) is 37.3 Å². The zero-order valence-electron chi connectivity index (χ0n) is 15.7. The van der Waals surface area contributed by atoms with Gasteiger partial charge in [0.15, 0.2) is 6.23 Å². The second-order valence-electron chi connectivity index (χ2n) is 6.75. The number of aryl methyl sites for hydroxylation is 1. The molecule has 2 atom stereocenters. The molecule has 3 rings (SSSR count). The SMILES string of the molecule is CC(=O)O[C@@H]1[C@@H](NS(=O)(=O)c2ccc(C)cc2)CC(=O)N1Cc1ccccc1. The molecule has 0 spiro atoms. The summed E-state index contributed by atoms with van der Waals surface area (Å²) in [5.41, 5.74) is 1.79. The number of amides is 1. The first kappa shape index (κ1) is 20.0. The number of likely N-dealkylation sites (tertiary alicyclic amines) is 1. The number of hydrogen-bond donors (Lipinski definition) is 1. The summed E-state index contributed by atoms with van der Waals surface area (Å²) in [7, 11) is -3.87. The molecule has 2 aromatic carbocycles. The zero-order valence-corrected chi connectivity index (χ0v) is 16.5. The van der Waals surface area contributed by atoms with E-state index in [2.05, 4.69) is 4.72 Å². The average molecular weight is 402 g/mol. The number of esters is 1. The molecule has 0 aromatic heterocycles. The lowest BCUT2D eigenvalue weighted by atomic mass is 10.2. The predicted molar refractivity (Wildman–Crippen MR) is 102 cm³/mol. The van der Waals surface area contributed by atoms with E-state index in [9.17, 15) is 18.0 Å². The molecule has 1 heterocycles. The van der Waals surface area contributed by atoms with Gasteiger partial charge in [-0.15, -0.1) is 0 Å². The highest BCUT2D eigenvalue weighted by molar-refractivity contribution is 7.89. The van der Waals surface area contributed by atoms with Gasteiger partial charge in [0.05, 0.1) is 10.9 Å². The Morgan fingerprint density at radius 1 is 1.14 bits per heavy atom. The third-order valence-corrected chi connectivity index (χ3v) is 5.99. The Morgan fingerprint density at radius 3 is 2.39 bits per heavy atom. The fraction of sp³-hybridized carbons (Fsp3) is 0.300. The summed E-state index contributed by atoms with van der Waals surface area (Å²) in [6.45, 7) is 3.31. The smallest absolute Gasteiger partial charge is 0.304 e. The first-order valence-corrected chi connectivity index (χ1v) is 10.3. The van der Waals surface area contributed by atoms with Crippen molar-refractivity contribution < 1.29 is 22.7 Å². The minimum absolute atomic E-state index is 0.0874. The first-order chi connectivity index (χ1) is 13.3. The van der Waals surface area contributed by atoms with Crippen molar-refractivity contribution in [3.8, 4) is 0 Å². The van der Waals surface area contributed by atoms with E-state index in [0.29, 0.717) is 0 Å². The van der Waals surface area contributed by atoms with Crippen LogP contribution in [0.4, 0.5) is 0 Å². The number of hydrogen-bond acceptors (Lipinski definition) is 5. The van der Waals surface area contributed by atoms with Gasteiger partial charge in [-0.25, -0.2) is 13.1 Å². The monoisotopic (exact) mass is 402 g/mol. The summed E-state index contributed by atoms with van der Waals surface area (Å²) < 4.78 is 33.3. The third-order valence-electron chi connectivity index (χ3n) is 4.49. The van der Waals surface area contributed by atoms with Gasteiger partial charge in [-0.3, -0.25) is 9.59 Å².